The van der Waals surface area contributed by atoms with Gasteiger partial charge in [-0.3, -0.25) is 4.72 Å². The number of aromatic carboxylic acids is 1. The maximum Gasteiger partial charge on any atom is 0.490 e. The van der Waals surface area contributed by atoms with Crippen LogP contribution < -0.4 is 9.62 Å². The summed E-state index contributed by atoms with van der Waals surface area (Å²) < 4.78 is 59.3. The molecule has 0 aliphatic carbocycles. The number of nitrogens with zero attached hydrogens (tertiary/aromatic N) is 1. The summed E-state index contributed by atoms with van der Waals surface area (Å²) in [5, 5.41) is 16.6. The van der Waals surface area contributed by atoms with Crippen LogP contribution in [0.2, 0.25) is 0 Å². The molecule has 2 aromatic carbocycles. The van der Waals surface area contributed by atoms with Crippen molar-refractivity contribution < 1.29 is 41.4 Å². The fourth-order valence-corrected chi connectivity index (χ4v) is 3.98. The average molecular weight is 476 g/mol. The molecular formula is C20H23F3N2O6S. The van der Waals surface area contributed by atoms with Crippen LogP contribution in [0.1, 0.15) is 29.8 Å². The maximum absolute atomic E-state index is 12.6. The number of nitrogens with one attached hydrogen (secondary N) is 1. The fourth-order valence-electron chi connectivity index (χ4n) is 2.68. The number of alkyl halides is 3. The fraction of sp³-hybridized carbons (Fsp3) is 0.300. The second-order valence-electron chi connectivity index (χ2n) is 6.38. The Morgan fingerprint density at radius 1 is 1.03 bits per heavy atom. The van der Waals surface area contributed by atoms with Gasteiger partial charge in [0, 0.05) is 18.8 Å². The molecule has 3 N–H and O–H groups in total. The van der Waals surface area contributed by atoms with Crippen LogP contribution in [0.15, 0.2) is 47.4 Å². The van der Waals surface area contributed by atoms with Crippen LogP contribution in [0.4, 0.5) is 24.5 Å². The lowest BCUT2D eigenvalue weighted by molar-refractivity contribution is -0.192. The summed E-state index contributed by atoms with van der Waals surface area (Å²) in [6.45, 7) is 6.89. The van der Waals surface area contributed by atoms with Crippen molar-refractivity contribution in [1.82, 2.24) is 0 Å². The first kappa shape index (κ1) is 26.8. The Balaban J connectivity index is 0.000000633. The van der Waals surface area contributed by atoms with E-state index in [1.54, 1.807) is 37.3 Å². The summed E-state index contributed by atoms with van der Waals surface area (Å²) in [5.41, 5.74) is 1.47. The van der Waals surface area contributed by atoms with Gasteiger partial charge in [0.1, 0.15) is 0 Å². The van der Waals surface area contributed by atoms with E-state index in [-0.39, 0.29) is 16.1 Å². The lowest BCUT2D eigenvalue weighted by atomic mass is 10.1. The van der Waals surface area contributed by atoms with E-state index in [4.69, 9.17) is 9.90 Å². The van der Waals surface area contributed by atoms with Crippen LogP contribution in [0.25, 0.3) is 0 Å². The Bertz CT molecular complexity index is 1070. The molecule has 0 spiro atoms. The first-order chi connectivity index (χ1) is 14.7. The molecule has 0 bridgehead atoms. The van der Waals surface area contributed by atoms with Gasteiger partial charge < -0.3 is 15.1 Å². The molecule has 8 nitrogen and oxygen atoms in total. The summed E-state index contributed by atoms with van der Waals surface area (Å²) >= 11 is 0. The zero-order chi connectivity index (χ0) is 24.7. The standard InChI is InChI=1S/C18H22N2O4S.C2HF3O2/c1-4-20(5-2)16-11-10-14(12-15(16)18(21)22)19-25(23,24)17-9-7-6-8-13(17)3;3-2(4,5)1(6)7/h6-12,19H,4-5H2,1-3H3,(H,21,22);(H,6,7). The Hall–Kier alpha value is -3.28. The zero-order valence-electron chi connectivity index (χ0n) is 17.5. The molecule has 0 aromatic heterocycles. The molecule has 0 saturated heterocycles. The smallest absolute Gasteiger partial charge is 0.478 e. The highest BCUT2D eigenvalue weighted by Crippen LogP contribution is 2.26. The molecule has 0 aliphatic rings. The van der Waals surface area contributed by atoms with E-state index >= 15 is 0 Å². The van der Waals surface area contributed by atoms with Crippen molar-refractivity contribution in [3.05, 3.63) is 53.6 Å². The minimum absolute atomic E-state index is 0.0636. The molecule has 2 rings (SSSR count). The Labute approximate surface area is 183 Å². The van der Waals surface area contributed by atoms with Gasteiger partial charge in [-0.15, -0.1) is 0 Å². The monoisotopic (exact) mass is 476 g/mol. The number of aryl methyl sites for hydroxylation is 1. The Kier molecular flexibility index (Phi) is 9.07. The second kappa shape index (κ2) is 10.8. The Morgan fingerprint density at radius 3 is 2.00 bits per heavy atom. The molecule has 0 amide bonds. The van der Waals surface area contributed by atoms with E-state index in [0.29, 0.717) is 24.3 Å². The SMILES string of the molecule is CCN(CC)c1ccc(NS(=O)(=O)c2ccccc2C)cc1C(=O)O.O=C(O)C(F)(F)F. The lowest BCUT2D eigenvalue weighted by Gasteiger charge is -2.23. The van der Waals surface area contributed by atoms with Gasteiger partial charge in [-0.1, -0.05) is 18.2 Å². The van der Waals surface area contributed by atoms with Crippen molar-refractivity contribution in [2.24, 2.45) is 0 Å². The number of hydrogen-bond acceptors (Lipinski definition) is 5. The van der Waals surface area contributed by atoms with Gasteiger partial charge in [0.05, 0.1) is 16.1 Å². The van der Waals surface area contributed by atoms with Gasteiger partial charge in [0.15, 0.2) is 0 Å². The molecule has 0 radical (unpaired) electrons. The third-order valence-electron chi connectivity index (χ3n) is 4.21. The zero-order valence-corrected chi connectivity index (χ0v) is 18.3. The topological polar surface area (TPSA) is 124 Å². The number of carboxylic acid groups (broad SMARTS) is 2. The predicted octanol–water partition coefficient (Wildman–Crippen LogP) is 3.97. The van der Waals surface area contributed by atoms with Crippen molar-refractivity contribution in [2.45, 2.75) is 31.8 Å². The van der Waals surface area contributed by atoms with Crippen molar-refractivity contribution in [3.8, 4) is 0 Å². The molecule has 0 unspecified atom stereocenters. The predicted molar refractivity (Wildman–Crippen MR) is 113 cm³/mol. The number of carboxylic acids is 2. The quantitative estimate of drug-likeness (QED) is 0.552. The third-order valence-corrected chi connectivity index (χ3v) is 5.75. The van der Waals surface area contributed by atoms with Gasteiger partial charge >= 0.3 is 18.1 Å². The lowest BCUT2D eigenvalue weighted by Crippen LogP contribution is -2.24. The number of sulfonamides is 1. The first-order valence-corrected chi connectivity index (χ1v) is 10.7. The molecule has 0 atom stereocenters. The number of benzene rings is 2. The number of aliphatic carboxylic acids is 1. The van der Waals surface area contributed by atoms with Gasteiger partial charge in [0.2, 0.25) is 0 Å². The van der Waals surface area contributed by atoms with Gasteiger partial charge in [0.25, 0.3) is 10.0 Å². The average Bonchev–Trinajstić information content (AvgIpc) is 2.69. The van der Waals surface area contributed by atoms with Crippen LogP contribution >= 0.6 is 0 Å². The van der Waals surface area contributed by atoms with E-state index in [1.807, 2.05) is 18.7 Å². The van der Waals surface area contributed by atoms with E-state index in [0.717, 1.165) is 0 Å². The summed E-state index contributed by atoms with van der Waals surface area (Å²) in [5.74, 6) is -3.86. The van der Waals surface area contributed by atoms with E-state index in [9.17, 15) is 31.5 Å². The summed E-state index contributed by atoms with van der Waals surface area (Å²) in [6, 6.07) is 11.2. The highest BCUT2D eigenvalue weighted by Gasteiger charge is 2.38. The normalized spacial score (nSPS) is 11.2. The number of anilines is 2. The van der Waals surface area contributed by atoms with Crippen LogP contribution in [-0.2, 0) is 14.8 Å². The van der Waals surface area contributed by atoms with Gasteiger partial charge in [-0.05, 0) is 50.6 Å². The van der Waals surface area contributed by atoms with Gasteiger partial charge in [-0.25, -0.2) is 18.0 Å². The number of hydrogen-bond donors (Lipinski definition) is 3. The van der Waals surface area contributed by atoms with E-state index in [1.165, 1.54) is 12.1 Å². The molecule has 0 saturated carbocycles. The molecule has 0 heterocycles. The highest BCUT2D eigenvalue weighted by molar-refractivity contribution is 7.92. The summed E-state index contributed by atoms with van der Waals surface area (Å²) in [6.07, 6.45) is -5.08. The van der Waals surface area contributed by atoms with Crippen molar-refractivity contribution >= 4 is 33.3 Å². The number of halogens is 3. The van der Waals surface area contributed by atoms with Crippen molar-refractivity contribution in [3.63, 3.8) is 0 Å². The molecule has 0 aliphatic heterocycles. The van der Waals surface area contributed by atoms with Crippen LogP contribution in [-0.4, -0.2) is 49.8 Å². The molecular weight excluding hydrogens is 453 g/mol. The minimum Gasteiger partial charge on any atom is -0.478 e. The van der Waals surface area contributed by atoms with Gasteiger partial charge in [-0.2, -0.15) is 13.2 Å². The molecule has 32 heavy (non-hydrogen) atoms. The van der Waals surface area contributed by atoms with Crippen LogP contribution in [0, 0.1) is 6.92 Å². The Morgan fingerprint density at radius 2 is 1.56 bits per heavy atom. The second-order valence-corrected chi connectivity index (χ2v) is 8.03. The third kappa shape index (κ3) is 7.15. The molecule has 0 fully saturated rings. The largest absolute Gasteiger partial charge is 0.490 e. The molecule has 176 valence electrons. The molecule has 2 aromatic rings. The van der Waals surface area contributed by atoms with E-state index < -0.39 is 28.1 Å². The van der Waals surface area contributed by atoms with E-state index in [2.05, 4.69) is 4.72 Å². The first-order valence-electron chi connectivity index (χ1n) is 9.25. The summed E-state index contributed by atoms with van der Waals surface area (Å²) in [7, 11) is -3.79. The summed E-state index contributed by atoms with van der Waals surface area (Å²) in [4.78, 5) is 22.6. The van der Waals surface area contributed by atoms with Crippen molar-refractivity contribution in [2.75, 3.05) is 22.7 Å². The molecule has 12 heteroatoms. The van der Waals surface area contributed by atoms with Crippen LogP contribution in [0.3, 0.4) is 0 Å². The number of rotatable bonds is 7. The maximum atomic E-state index is 12.6. The van der Waals surface area contributed by atoms with Crippen LogP contribution in [0.5, 0.6) is 0 Å². The highest BCUT2D eigenvalue weighted by atomic mass is 32.2. The minimum atomic E-state index is -5.08. The van der Waals surface area contributed by atoms with Crippen molar-refractivity contribution in [1.29, 1.82) is 0 Å². The number of carbonyl (C=O) groups is 2.